The summed E-state index contributed by atoms with van der Waals surface area (Å²) in [6, 6.07) is 9.19. The lowest BCUT2D eigenvalue weighted by Gasteiger charge is -2.32. The van der Waals surface area contributed by atoms with Gasteiger partial charge in [-0.25, -0.2) is 0 Å². The molecule has 0 radical (unpaired) electrons. The molecule has 0 fully saturated rings. The van der Waals surface area contributed by atoms with E-state index in [0.717, 1.165) is 26.1 Å². The Morgan fingerprint density at radius 1 is 1.10 bits per heavy atom. The third kappa shape index (κ3) is 5.80. The predicted molar refractivity (Wildman–Crippen MR) is 92.0 cm³/mol. The average molecular weight is 291 g/mol. The molecule has 0 aliphatic carbocycles. The van der Waals surface area contributed by atoms with Crippen LogP contribution in [-0.2, 0) is 11.2 Å². The van der Waals surface area contributed by atoms with Gasteiger partial charge in [0, 0.05) is 20.2 Å². The van der Waals surface area contributed by atoms with Crippen LogP contribution in [0.2, 0.25) is 0 Å². The first kappa shape index (κ1) is 18.2. The minimum Gasteiger partial charge on any atom is -0.383 e. The van der Waals surface area contributed by atoms with Gasteiger partial charge in [-0.15, -0.1) is 0 Å². The van der Waals surface area contributed by atoms with Gasteiger partial charge in [0.2, 0.25) is 0 Å². The van der Waals surface area contributed by atoms with Crippen LogP contribution in [0.25, 0.3) is 0 Å². The van der Waals surface area contributed by atoms with Crippen LogP contribution in [-0.4, -0.2) is 26.8 Å². The van der Waals surface area contributed by atoms with Crippen molar-refractivity contribution in [2.75, 3.05) is 26.8 Å². The van der Waals surface area contributed by atoms with Crippen molar-refractivity contribution in [1.29, 1.82) is 0 Å². The molecule has 0 saturated heterocycles. The van der Waals surface area contributed by atoms with Crippen LogP contribution in [0.3, 0.4) is 0 Å². The molecule has 0 heterocycles. The molecule has 0 atom stereocenters. The zero-order valence-electron chi connectivity index (χ0n) is 14.5. The Morgan fingerprint density at radius 3 is 2.19 bits per heavy atom. The number of benzene rings is 1. The summed E-state index contributed by atoms with van der Waals surface area (Å²) in [7, 11) is 1.75. The van der Waals surface area contributed by atoms with Crippen molar-refractivity contribution in [2.45, 2.75) is 52.9 Å². The van der Waals surface area contributed by atoms with E-state index in [1.807, 2.05) is 0 Å². The van der Waals surface area contributed by atoms with Crippen LogP contribution < -0.4 is 5.32 Å². The summed E-state index contributed by atoms with van der Waals surface area (Å²) in [4.78, 5) is 0. The van der Waals surface area contributed by atoms with Crippen LogP contribution in [0.1, 0.15) is 57.6 Å². The Hall–Kier alpha value is -0.860. The molecule has 0 unspecified atom stereocenters. The Morgan fingerprint density at radius 2 is 1.71 bits per heavy atom. The quantitative estimate of drug-likeness (QED) is 0.645. The maximum atomic E-state index is 5.12. The zero-order valence-corrected chi connectivity index (χ0v) is 14.5. The molecular weight excluding hydrogens is 258 g/mol. The lowest BCUT2D eigenvalue weighted by Crippen LogP contribution is -2.36. The monoisotopic (exact) mass is 291 g/mol. The first-order valence-electron chi connectivity index (χ1n) is 8.35. The van der Waals surface area contributed by atoms with Crippen LogP contribution in [0.4, 0.5) is 0 Å². The van der Waals surface area contributed by atoms with E-state index in [0.29, 0.717) is 11.3 Å². The minimum absolute atomic E-state index is 0.354. The predicted octanol–water partition coefficient (Wildman–Crippen LogP) is 4.39. The van der Waals surface area contributed by atoms with Crippen LogP contribution in [0.5, 0.6) is 0 Å². The van der Waals surface area contributed by atoms with Gasteiger partial charge in [0.15, 0.2) is 0 Å². The summed E-state index contributed by atoms with van der Waals surface area (Å²) >= 11 is 0. The molecule has 0 aliphatic heterocycles. The number of nitrogens with one attached hydrogen (secondary N) is 1. The van der Waals surface area contributed by atoms with Gasteiger partial charge in [-0.3, -0.25) is 0 Å². The highest BCUT2D eigenvalue weighted by Crippen LogP contribution is 2.30. The molecule has 2 heteroatoms. The molecule has 21 heavy (non-hydrogen) atoms. The van der Waals surface area contributed by atoms with Crippen molar-refractivity contribution in [1.82, 2.24) is 5.32 Å². The highest BCUT2D eigenvalue weighted by Gasteiger charge is 2.26. The normalized spacial score (nSPS) is 12.1. The Balaban J connectivity index is 2.67. The van der Waals surface area contributed by atoms with E-state index in [9.17, 15) is 0 Å². The second-order valence-electron chi connectivity index (χ2n) is 6.45. The van der Waals surface area contributed by atoms with Crippen molar-refractivity contribution in [2.24, 2.45) is 5.41 Å². The summed E-state index contributed by atoms with van der Waals surface area (Å²) in [5, 5.41) is 3.55. The average Bonchev–Trinajstić information content (AvgIpc) is 2.51. The van der Waals surface area contributed by atoms with Crippen molar-refractivity contribution in [3.63, 3.8) is 0 Å². The maximum absolute atomic E-state index is 5.12. The van der Waals surface area contributed by atoms with Gasteiger partial charge in [0.05, 0.1) is 6.61 Å². The Kier molecular flexibility index (Phi) is 7.98. The number of hydrogen-bond donors (Lipinski definition) is 1. The molecule has 0 aliphatic rings. The molecular formula is C19H33NO. The van der Waals surface area contributed by atoms with Gasteiger partial charge in [-0.1, -0.05) is 52.0 Å². The summed E-state index contributed by atoms with van der Waals surface area (Å²) in [5.41, 5.74) is 3.24. The second-order valence-corrected chi connectivity index (χ2v) is 6.45. The summed E-state index contributed by atoms with van der Waals surface area (Å²) in [6.07, 6.45) is 3.56. The van der Waals surface area contributed by atoms with E-state index in [1.54, 1.807) is 7.11 Å². The number of methoxy groups -OCH3 is 1. The summed E-state index contributed by atoms with van der Waals surface area (Å²) < 4.78 is 5.12. The number of hydrogen-bond acceptors (Lipinski definition) is 2. The second kappa shape index (κ2) is 9.22. The zero-order chi connectivity index (χ0) is 15.7. The molecule has 1 N–H and O–H groups in total. The lowest BCUT2D eigenvalue weighted by molar-refractivity contribution is 0.185. The van der Waals surface area contributed by atoms with Gasteiger partial charge in [-0.2, -0.15) is 0 Å². The van der Waals surface area contributed by atoms with Gasteiger partial charge in [0.1, 0.15) is 0 Å². The largest absolute Gasteiger partial charge is 0.383 e. The maximum Gasteiger partial charge on any atom is 0.0587 e. The summed E-state index contributed by atoms with van der Waals surface area (Å²) in [6.45, 7) is 11.9. The van der Waals surface area contributed by atoms with Crippen molar-refractivity contribution in [3.8, 4) is 0 Å². The third-order valence-corrected chi connectivity index (χ3v) is 4.71. The minimum atomic E-state index is 0.354. The fourth-order valence-corrected chi connectivity index (χ4v) is 2.79. The molecule has 1 rings (SSSR count). The van der Waals surface area contributed by atoms with Crippen LogP contribution >= 0.6 is 0 Å². The highest BCUT2D eigenvalue weighted by molar-refractivity contribution is 5.25. The van der Waals surface area contributed by atoms with Crippen molar-refractivity contribution >= 4 is 0 Å². The van der Waals surface area contributed by atoms with E-state index >= 15 is 0 Å². The van der Waals surface area contributed by atoms with E-state index in [4.69, 9.17) is 4.74 Å². The molecule has 1 aromatic rings. The number of ether oxygens (including phenoxy) is 1. The van der Waals surface area contributed by atoms with E-state index in [-0.39, 0.29) is 0 Å². The lowest BCUT2D eigenvalue weighted by atomic mass is 9.76. The van der Waals surface area contributed by atoms with Crippen molar-refractivity contribution < 1.29 is 4.74 Å². The SMILES string of the molecule is CCC(CC)(CNCCOC)Cc1ccc(C(C)C)cc1. The first-order chi connectivity index (χ1) is 10.1. The Bertz CT molecular complexity index is 379. The topological polar surface area (TPSA) is 21.3 Å². The fourth-order valence-electron chi connectivity index (χ4n) is 2.79. The highest BCUT2D eigenvalue weighted by atomic mass is 16.5. The van der Waals surface area contributed by atoms with Gasteiger partial charge in [-0.05, 0) is 41.7 Å². The molecule has 2 nitrogen and oxygen atoms in total. The van der Waals surface area contributed by atoms with Gasteiger partial charge >= 0.3 is 0 Å². The summed E-state index contributed by atoms with van der Waals surface area (Å²) in [5.74, 6) is 0.608. The van der Waals surface area contributed by atoms with Gasteiger partial charge < -0.3 is 10.1 Å². The molecule has 0 bridgehead atoms. The van der Waals surface area contributed by atoms with Crippen molar-refractivity contribution in [3.05, 3.63) is 35.4 Å². The van der Waals surface area contributed by atoms with E-state index < -0.39 is 0 Å². The van der Waals surface area contributed by atoms with Crippen LogP contribution in [0.15, 0.2) is 24.3 Å². The standard InChI is InChI=1S/C19H33NO/c1-6-19(7-2,15-20-12-13-21-5)14-17-8-10-18(11-9-17)16(3)4/h8-11,16,20H,6-7,12-15H2,1-5H3. The molecule has 1 aromatic carbocycles. The van der Waals surface area contributed by atoms with E-state index in [1.165, 1.54) is 24.0 Å². The molecule has 0 spiro atoms. The van der Waals surface area contributed by atoms with Gasteiger partial charge in [0.25, 0.3) is 0 Å². The van der Waals surface area contributed by atoms with E-state index in [2.05, 4.69) is 57.3 Å². The first-order valence-corrected chi connectivity index (χ1v) is 8.35. The fraction of sp³-hybridized carbons (Fsp3) is 0.684. The molecule has 0 saturated carbocycles. The Labute approximate surface area is 131 Å². The molecule has 0 aromatic heterocycles. The molecule has 0 amide bonds. The number of rotatable bonds is 10. The third-order valence-electron chi connectivity index (χ3n) is 4.71. The smallest absolute Gasteiger partial charge is 0.0587 e. The van der Waals surface area contributed by atoms with Crippen LogP contribution in [0, 0.1) is 5.41 Å². The molecule has 120 valence electrons.